The molecule has 0 atom stereocenters. The molecular weight excluding hydrogens is 410 g/mol. The summed E-state index contributed by atoms with van der Waals surface area (Å²) in [6, 6.07) is 22.7. The second-order valence-electron chi connectivity index (χ2n) is 8.76. The molecule has 1 aliphatic rings. The highest BCUT2D eigenvalue weighted by Gasteiger charge is 2.20. The number of furan rings is 1. The molecule has 0 spiro atoms. The fraction of sp³-hybridized carbons (Fsp3) is 0.310. The SMILES string of the molecule is COc1ccc2c(-c3cc(OCCN4CCCCC4)ccc3C)c(-c3ccccc3)oc2c1. The Morgan fingerprint density at radius 1 is 0.879 bits per heavy atom. The maximum absolute atomic E-state index is 6.41. The minimum absolute atomic E-state index is 0.706. The van der Waals surface area contributed by atoms with Gasteiger partial charge in [-0.25, -0.2) is 0 Å². The van der Waals surface area contributed by atoms with Gasteiger partial charge in [-0.2, -0.15) is 0 Å². The first-order valence-electron chi connectivity index (χ1n) is 11.8. The van der Waals surface area contributed by atoms with Gasteiger partial charge in [0.05, 0.1) is 7.11 Å². The van der Waals surface area contributed by atoms with Crippen LogP contribution in [0.4, 0.5) is 0 Å². The number of hydrogen-bond donors (Lipinski definition) is 0. The molecule has 1 saturated heterocycles. The average Bonchev–Trinajstić information content (AvgIpc) is 3.25. The highest BCUT2D eigenvalue weighted by Crippen LogP contribution is 2.43. The van der Waals surface area contributed by atoms with Crippen molar-refractivity contribution >= 4 is 11.0 Å². The summed E-state index contributed by atoms with van der Waals surface area (Å²) in [6.07, 6.45) is 3.96. The summed E-state index contributed by atoms with van der Waals surface area (Å²) in [7, 11) is 1.68. The second kappa shape index (κ2) is 9.72. The zero-order chi connectivity index (χ0) is 22.6. The molecule has 0 radical (unpaired) electrons. The number of piperidine rings is 1. The number of rotatable bonds is 7. The van der Waals surface area contributed by atoms with Crippen molar-refractivity contribution in [3.05, 3.63) is 72.3 Å². The van der Waals surface area contributed by atoms with E-state index in [9.17, 15) is 0 Å². The highest BCUT2D eigenvalue weighted by atomic mass is 16.5. The van der Waals surface area contributed by atoms with E-state index in [0.717, 1.165) is 51.5 Å². The summed E-state index contributed by atoms with van der Waals surface area (Å²) in [4.78, 5) is 2.50. The number of ether oxygens (including phenoxy) is 2. The van der Waals surface area contributed by atoms with E-state index in [1.165, 1.54) is 37.9 Å². The predicted octanol–water partition coefficient (Wildman–Crippen LogP) is 6.95. The number of nitrogens with zero attached hydrogens (tertiary/aromatic N) is 1. The van der Waals surface area contributed by atoms with Crippen molar-refractivity contribution in [2.24, 2.45) is 0 Å². The van der Waals surface area contributed by atoms with Gasteiger partial charge in [0.2, 0.25) is 0 Å². The van der Waals surface area contributed by atoms with Crippen molar-refractivity contribution in [2.75, 3.05) is 33.4 Å². The van der Waals surface area contributed by atoms with E-state index in [0.29, 0.717) is 6.61 Å². The smallest absolute Gasteiger partial charge is 0.143 e. The molecule has 1 aliphatic heterocycles. The van der Waals surface area contributed by atoms with Crippen LogP contribution in [0.1, 0.15) is 24.8 Å². The van der Waals surface area contributed by atoms with Crippen LogP contribution in [0, 0.1) is 6.92 Å². The largest absolute Gasteiger partial charge is 0.497 e. The summed E-state index contributed by atoms with van der Waals surface area (Å²) in [5.74, 6) is 2.55. The van der Waals surface area contributed by atoms with Gasteiger partial charge in [-0.1, -0.05) is 42.8 Å². The first-order valence-corrected chi connectivity index (χ1v) is 11.8. The van der Waals surface area contributed by atoms with Crippen molar-refractivity contribution in [2.45, 2.75) is 26.2 Å². The Morgan fingerprint density at radius 2 is 1.67 bits per heavy atom. The maximum atomic E-state index is 6.41. The van der Waals surface area contributed by atoms with E-state index in [4.69, 9.17) is 13.9 Å². The van der Waals surface area contributed by atoms with E-state index in [1.54, 1.807) is 7.11 Å². The minimum Gasteiger partial charge on any atom is -0.497 e. The number of methoxy groups -OCH3 is 1. The molecular formula is C29H31NO3. The lowest BCUT2D eigenvalue weighted by Crippen LogP contribution is -2.33. The van der Waals surface area contributed by atoms with E-state index in [-0.39, 0.29) is 0 Å². The Balaban J connectivity index is 1.51. The van der Waals surface area contributed by atoms with Crippen molar-refractivity contribution in [1.82, 2.24) is 4.90 Å². The summed E-state index contributed by atoms with van der Waals surface area (Å²) in [6.45, 7) is 6.20. The first kappa shape index (κ1) is 21.6. The van der Waals surface area contributed by atoms with E-state index >= 15 is 0 Å². The number of aryl methyl sites for hydroxylation is 1. The summed E-state index contributed by atoms with van der Waals surface area (Å²) in [5, 5.41) is 1.07. The van der Waals surface area contributed by atoms with Crippen LogP contribution in [0.2, 0.25) is 0 Å². The fourth-order valence-corrected chi connectivity index (χ4v) is 4.70. The third kappa shape index (κ3) is 4.62. The molecule has 5 rings (SSSR count). The molecule has 0 unspecified atom stereocenters. The van der Waals surface area contributed by atoms with Crippen LogP contribution >= 0.6 is 0 Å². The molecule has 4 nitrogen and oxygen atoms in total. The summed E-state index contributed by atoms with van der Waals surface area (Å²) in [5.41, 5.74) is 5.29. The van der Waals surface area contributed by atoms with Crippen LogP contribution in [-0.4, -0.2) is 38.3 Å². The molecule has 33 heavy (non-hydrogen) atoms. The first-order chi connectivity index (χ1) is 16.2. The third-order valence-corrected chi connectivity index (χ3v) is 6.54. The summed E-state index contributed by atoms with van der Waals surface area (Å²) >= 11 is 0. The Hall–Kier alpha value is -3.24. The normalized spacial score (nSPS) is 14.5. The van der Waals surface area contributed by atoms with Gasteiger partial charge in [0.15, 0.2) is 0 Å². The van der Waals surface area contributed by atoms with Gasteiger partial charge in [-0.15, -0.1) is 0 Å². The van der Waals surface area contributed by atoms with Gasteiger partial charge in [-0.05, 0) is 68.2 Å². The summed E-state index contributed by atoms with van der Waals surface area (Å²) < 4.78 is 18.1. The number of fused-ring (bicyclic) bond motifs is 1. The quantitative estimate of drug-likeness (QED) is 0.311. The molecule has 0 saturated carbocycles. The molecule has 0 bridgehead atoms. The molecule has 0 aliphatic carbocycles. The zero-order valence-corrected chi connectivity index (χ0v) is 19.5. The van der Waals surface area contributed by atoms with Crippen LogP contribution < -0.4 is 9.47 Å². The van der Waals surface area contributed by atoms with Gasteiger partial charge in [-0.3, -0.25) is 4.90 Å². The Morgan fingerprint density at radius 3 is 2.45 bits per heavy atom. The van der Waals surface area contributed by atoms with E-state index < -0.39 is 0 Å². The van der Waals surface area contributed by atoms with Crippen LogP contribution in [0.25, 0.3) is 33.4 Å². The van der Waals surface area contributed by atoms with E-state index in [1.807, 2.05) is 30.3 Å². The van der Waals surface area contributed by atoms with Crippen molar-refractivity contribution < 1.29 is 13.9 Å². The lowest BCUT2D eigenvalue weighted by atomic mass is 9.95. The predicted molar refractivity (Wildman–Crippen MR) is 134 cm³/mol. The van der Waals surface area contributed by atoms with Crippen LogP contribution in [0.3, 0.4) is 0 Å². The van der Waals surface area contributed by atoms with E-state index in [2.05, 4.69) is 48.2 Å². The van der Waals surface area contributed by atoms with Gasteiger partial charge in [0.1, 0.15) is 29.4 Å². The number of hydrogen-bond acceptors (Lipinski definition) is 4. The average molecular weight is 442 g/mol. The van der Waals surface area contributed by atoms with Crippen molar-refractivity contribution in [1.29, 1.82) is 0 Å². The lowest BCUT2D eigenvalue weighted by molar-refractivity contribution is 0.183. The van der Waals surface area contributed by atoms with Crippen LogP contribution in [0.5, 0.6) is 11.5 Å². The molecule has 3 aromatic carbocycles. The topological polar surface area (TPSA) is 34.8 Å². The highest BCUT2D eigenvalue weighted by molar-refractivity contribution is 6.03. The zero-order valence-electron chi connectivity index (χ0n) is 19.5. The molecule has 1 aromatic heterocycles. The maximum Gasteiger partial charge on any atom is 0.143 e. The van der Waals surface area contributed by atoms with Gasteiger partial charge in [0.25, 0.3) is 0 Å². The van der Waals surface area contributed by atoms with Gasteiger partial charge in [0, 0.05) is 29.1 Å². The fourth-order valence-electron chi connectivity index (χ4n) is 4.70. The standard InChI is InChI=1S/C29H31NO3/c1-21-11-12-24(32-18-17-30-15-7-4-8-16-30)19-26(21)28-25-14-13-23(31-2)20-27(25)33-29(28)22-9-5-3-6-10-22/h3,5-6,9-14,19-20H,4,7-8,15-18H2,1-2H3. The Kier molecular flexibility index (Phi) is 6.36. The number of likely N-dealkylation sites (tertiary alicyclic amines) is 1. The molecule has 2 heterocycles. The van der Waals surface area contributed by atoms with Crippen molar-refractivity contribution in [3.63, 3.8) is 0 Å². The Bertz CT molecular complexity index is 1220. The Labute approximate surface area is 195 Å². The lowest BCUT2D eigenvalue weighted by Gasteiger charge is -2.26. The minimum atomic E-state index is 0.706. The van der Waals surface area contributed by atoms with Crippen LogP contribution in [-0.2, 0) is 0 Å². The molecule has 4 aromatic rings. The van der Waals surface area contributed by atoms with Crippen molar-refractivity contribution in [3.8, 4) is 33.9 Å². The van der Waals surface area contributed by atoms with Crippen LogP contribution in [0.15, 0.2) is 71.1 Å². The molecule has 170 valence electrons. The third-order valence-electron chi connectivity index (χ3n) is 6.54. The molecule has 0 amide bonds. The monoisotopic (exact) mass is 441 g/mol. The number of benzene rings is 3. The van der Waals surface area contributed by atoms with Gasteiger partial charge >= 0.3 is 0 Å². The second-order valence-corrected chi connectivity index (χ2v) is 8.76. The molecule has 4 heteroatoms. The molecule has 0 N–H and O–H groups in total. The van der Waals surface area contributed by atoms with Gasteiger partial charge < -0.3 is 13.9 Å². The molecule has 1 fully saturated rings.